The number of aromatic nitrogens is 3. The molecule has 0 aliphatic carbocycles. The Labute approximate surface area is 105 Å². The van der Waals surface area contributed by atoms with Crippen LogP contribution in [0.15, 0.2) is 0 Å². The molecule has 1 aromatic rings. The van der Waals surface area contributed by atoms with Crippen molar-refractivity contribution in [2.24, 2.45) is 0 Å². The monoisotopic (exact) mass is 254 g/mol. The summed E-state index contributed by atoms with van der Waals surface area (Å²) in [5, 5.41) is 3.04. The van der Waals surface area contributed by atoms with E-state index in [2.05, 4.69) is 26.2 Å². The fourth-order valence-electron chi connectivity index (χ4n) is 0.966. The van der Waals surface area contributed by atoms with E-state index in [1.807, 2.05) is 0 Å². The third kappa shape index (κ3) is 4.78. The van der Waals surface area contributed by atoms with Crippen LogP contribution in [-0.2, 0) is 0 Å². The highest BCUT2D eigenvalue weighted by molar-refractivity contribution is 7.99. The van der Waals surface area contributed by atoms with E-state index in [4.69, 9.17) is 15.9 Å². The summed E-state index contributed by atoms with van der Waals surface area (Å²) in [6.45, 7) is 0.711. The highest BCUT2D eigenvalue weighted by atomic mass is 32.2. The van der Waals surface area contributed by atoms with E-state index in [9.17, 15) is 0 Å². The molecule has 6 nitrogen and oxygen atoms in total. The molecule has 0 aliphatic heterocycles. The van der Waals surface area contributed by atoms with Crippen LogP contribution < -0.4 is 14.8 Å². The third-order valence-electron chi connectivity index (χ3n) is 1.67. The van der Waals surface area contributed by atoms with Gasteiger partial charge in [0.1, 0.15) is 0 Å². The fraction of sp³-hybridized carbons (Fsp3) is 0.500. The van der Waals surface area contributed by atoms with Crippen LogP contribution in [0.25, 0.3) is 0 Å². The largest absolute Gasteiger partial charge is 0.467 e. The van der Waals surface area contributed by atoms with E-state index in [1.54, 1.807) is 11.8 Å². The lowest BCUT2D eigenvalue weighted by atomic mass is 10.7. The Morgan fingerprint density at radius 2 is 1.88 bits per heavy atom. The molecule has 17 heavy (non-hydrogen) atoms. The molecule has 92 valence electrons. The van der Waals surface area contributed by atoms with Gasteiger partial charge in [-0.2, -0.15) is 9.97 Å². The van der Waals surface area contributed by atoms with Crippen molar-refractivity contribution in [3.63, 3.8) is 0 Å². The number of nitrogens with one attached hydrogen (secondary N) is 1. The summed E-state index contributed by atoms with van der Waals surface area (Å²) in [5.74, 6) is 4.56. The number of thioether (sulfide) groups is 1. The molecule has 1 N–H and O–H groups in total. The Morgan fingerprint density at radius 3 is 2.41 bits per heavy atom. The summed E-state index contributed by atoms with van der Waals surface area (Å²) in [4.78, 5) is 12.0. The SMILES string of the molecule is C#CCSCCNc1nc(OC)nc(OC)n1. The molecule has 0 atom stereocenters. The number of nitrogens with zero attached hydrogens (tertiary/aromatic N) is 3. The average molecular weight is 254 g/mol. The number of methoxy groups -OCH3 is 2. The molecule has 1 heterocycles. The maximum absolute atomic E-state index is 5.14. The van der Waals surface area contributed by atoms with Crippen molar-refractivity contribution in [1.29, 1.82) is 0 Å². The molecule has 0 aromatic carbocycles. The van der Waals surface area contributed by atoms with Gasteiger partial charge in [-0.05, 0) is 0 Å². The van der Waals surface area contributed by atoms with Crippen molar-refractivity contribution in [2.75, 3.05) is 37.6 Å². The van der Waals surface area contributed by atoms with Crippen LogP contribution in [0.2, 0.25) is 0 Å². The number of hydrogen-bond donors (Lipinski definition) is 1. The zero-order chi connectivity index (χ0) is 12.5. The van der Waals surface area contributed by atoms with Gasteiger partial charge in [-0.25, -0.2) is 0 Å². The van der Waals surface area contributed by atoms with Gasteiger partial charge in [-0.1, -0.05) is 5.92 Å². The number of ether oxygens (including phenoxy) is 2. The van der Waals surface area contributed by atoms with Crippen molar-refractivity contribution in [3.8, 4) is 24.4 Å². The van der Waals surface area contributed by atoms with E-state index in [0.29, 0.717) is 18.2 Å². The molecule has 0 fully saturated rings. The van der Waals surface area contributed by atoms with Crippen molar-refractivity contribution in [3.05, 3.63) is 0 Å². The molecule has 0 aliphatic rings. The first-order chi connectivity index (χ1) is 8.30. The van der Waals surface area contributed by atoms with Gasteiger partial charge in [0.2, 0.25) is 5.95 Å². The van der Waals surface area contributed by atoms with E-state index in [0.717, 1.165) is 5.75 Å². The van der Waals surface area contributed by atoms with E-state index < -0.39 is 0 Å². The quantitative estimate of drug-likeness (QED) is 0.566. The molecule has 0 saturated carbocycles. The van der Waals surface area contributed by atoms with Gasteiger partial charge in [0.05, 0.1) is 20.0 Å². The molecule has 0 bridgehead atoms. The second kappa shape index (κ2) is 7.57. The van der Waals surface area contributed by atoms with Crippen LogP contribution in [0.5, 0.6) is 12.0 Å². The summed E-state index contributed by atoms with van der Waals surface area (Å²) in [5.41, 5.74) is 0. The Morgan fingerprint density at radius 1 is 1.24 bits per heavy atom. The molecule has 1 rings (SSSR count). The van der Waals surface area contributed by atoms with Gasteiger partial charge in [0, 0.05) is 12.3 Å². The molecule has 7 heteroatoms. The molecule has 0 spiro atoms. The minimum Gasteiger partial charge on any atom is -0.467 e. The van der Waals surface area contributed by atoms with Gasteiger partial charge in [-0.3, -0.25) is 0 Å². The average Bonchev–Trinajstić information content (AvgIpc) is 2.38. The van der Waals surface area contributed by atoms with Crippen LogP contribution >= 0.6 is 11.8 Å². The van der Waals surface area contributed by atoms with Crippen molar-refractivity contribution in [2.45, 2.75) is 0 Å². The maximum atomic E-state index is 5.14. The molecule has 0 amide bonds. The molecular formula is C10H14N4O2S. The fourth-order valence-corrected chi connectivity index (χ4v) is 1.47. The second-order valence-electron chi connectivity index (χ2n) is 2.82. The van der Waals surface area contributed by atoms with Crippen LogP contribution in [0, 0.1) is 12.3 Å². The summed E-state index contributed by atoms with van der Waals surface area (Å²) in [7, 11) is 2.97. The van der Waals surface area contributed by atoms with Crippen molar-refractivity contribution >= 4 is 17.7 Å². The number of rotatable bonds is 7. The van der Waals surface area contributed by atoms with Crippen molar-refractivity contribution < 1.29 is 9.47 Å². The Kier molecular flexibility index (Phi) is 5.96. The first kappa shape index (κ1) is 13.4. The van der Waals surface area contributed by atoms with E-state index >= 15 is 0 Å². The van der Waals surface area contributed by atoms with Gasteiger partial charge in [0.15, 0.2) is 0 Å². The van der Waals surface area contributed by atoms with Crippen LogP contribution in [0.3, 0.4) is 0 Å². The third-order valence-corrected chi connectivity index (χ3v) is 2.54. The van der Waals surface area contributed by atoms with Crippen LogP contribution in [0.4, 0.5) is 5.95 Å². The highest BCUT2D eigenvalue weighted by Crippen LogP contribution is 2.11. The lowest BCUT2D eigenvalue weighted by Gasteiger charge is -2.06. The smallest absolute Gasteiger partial charge is 0.324 e. The Balaban J connectivity index is 2.49. The number of hydrogen-bond acceptors (Lipinski definition) is 7. The van der Waals surface area contributed by atoms with Gasteiger partial charge in [0.25, 0.3) is 0 Å². The predicted octanol–water partition coefficient (Wildman–Crippen LogP) is 0.667. The van der Waals surface area contributed by atoms with E-state index in [-0.39, 0.29) is 12.0 Å². The van der Waals surface area contributed by atoms with Gasteiger partial charge >= 0.3 is 12.0 Å². The predicted molar refractivity (Wildman–Crippen MR) is 67.6 cm³/mol. The summed E-state index contributed by atoms with van der Waals surface area (Å²) in [6, 6.07) is 0.436. The normalized spacial score (nSPS) is 9.47. The Bertz CT molecular complexity index is 372. The molecule has 0 saturated heterocycles. The molecule has 0 unspecified atom stereocenters. The van der Waals surface area contributed by atoms with Crippen molar-refractivity contribution in [1.82, 2.24) is 15.0 Å². The summed E-state index contributed by atoms with van der Waals surface area (Å²) < 4.78 is 9.86. The molecule has 1 aromatic heterocycles. The van der Waals surface area contributed by atoms with Gasteiger partial charge in [-0.15, -0.1) is 23.2 Å². The lowest BCUT2D eigenvalue weighted by molar-refractivity contribution is 0.341. The maximum Gasteiger partial charge on any atom is 0.324 e. The topological polar surface area (TPSA) is 69.2 Å². The van der Waals surface area contributed by atoms with E-state index in [1.165, 1.54) is 14.2 Å². The van der Waals surface area contributed by atoms with Gasteiger partial charge < -0.3 is 14.8 Å². The highest BCUT2D eigenvalue weighted by Gasteiger charge is 2.05. The zero-order valence-electron chi connectivity index (χ0n) is 9.77. The zero-order valence-corrected chi connectivity index (χ0v) is 10.6. The lowest BCUT2D eigenvalue weighted by Crippen LogP contribution is -2.10. The molecular weight excluding hydrogens is 240 g/mol. The van der Waals surface area contributed by atoms with Crippen LogP contribution in [0.1, 0.15) is 0 Å². The van der Waals surface area contributed by atoms with Crippen LogP contribution in [-0.4, -0.2) is 47.2 Å². The number of anilines is 1. The molecule has 0 radical (unpaired) electrons. The first-order valence-electron chi connectivity index (χ1n) is 4.89. The second-order valence-corrected chi connectivity index (χ2v) is 3.92. The summed E-state index contributed by atoms with van der Waals surface area (Å²) >= 11 is 1.66. The Hall–Kier alpha value is -1.68. The summed E-state index contributed by atoms with van der Waals surface area (Å²) in [6.07, 6.45) is 5.14. The number of terminal acetylenes is 1. The minimum absolute atomic E-state index is 0.218. The minimum atomic E-state index is 0.218. The standard InChI is InChI=1S/C10H14N4O2S/c1-4-6-17-7-5-11-8-12-9(15-2)14-10(13-8)16-3/h1H,5-7H2,2-3H3,(H,11,12,13,14). The first-order valence-corrected chi connectivity index (χ1v) is 6.04.